The third-order valence-electron chi connectivity index (χ3n) is 7.79. The highest BCUT2D eigenvalue weighted by atomic mass is 79.9. The van der Waals surface area contributed by atoms with Gasteiger partial charge in [-0.05, 0) is 77.7 Å². The molecule has 1 atom stereocenters. The summed E-state index contributed by atoms with van der Waals surface area (Å²) in [5.41, 5.74) is 2.29. The number of methoxy groups -OCH3 is 2. The fourth-order valence-corrected chi connectivity index (χ4v) is 6.95. The minimum Gasteiger partial charge on any atom is -0.493 e. The standard InChI is InChI=1S/C37H33BrN2O7S/c1-5-45-29-14-13-25(16-31(29)46-6-2)34-27(36(42)44-4)20-39-37-40(34)35(41)33(48-37)18-26-17-30(43-3)32(19-28(26)38)47-21-22-11-12-23-9-7-8-10-24(23)15-22/h7-20,34H,5-6,21H2,1-4H3/b33-18-/t34-/m0/s1. The zero-order valence-electron chi connectivity index (χ0n) is 26.8. The first-order chi connectivity index (χ1) is 23.3. The summed E-state index contributed by atoms with van der Waals surface area (Å²) in [6, 6.07) is 22.6. The summed E-state index contributed by atoms with van der Waals surface area (Å²) in [5.74, 6) is 1.57. The van der Waals surface area contributed by atoms with Gasteiger partial charge in [-0.25, -0.2) is 9.79 Å². The van der Waals surface area contributed by atoms with E-state index in [0.29, 0.717) is 67.8 Å². The molecular formula is C37H33BrN2O7S. The van der Waals surface area contributed by atoms with Gasteiger partial charge in [-0.2, -0.15) is 0 Å². The van der Waals surface area contributed by atoms with E-state index in [4.69, 9.17) is 23.7 Å². The predicted molar refractivity (Wildman–Crippen MR) is 189 cm³/mol. The van der Waals surface area contributed by atoms with Crippen LogP contribution in [0.2, 0.25) is 0 Å². The predicted octanol–water partition coefficient (Wildman–Crippen LogP) is 6.32. The fourth-order valence-electron chi connectivity index (χ4n) is 5.55. The summed E-state index contributed by atoms with van der Waals surface area (Å²) in [5, 5.41) is 2.31. The van der Waals surface area contributed by atoms with Gasteiger partial charge in [0.1, 0.15) is 6.61 Å². The smallest absolute Gasteiger partial charge is 0.337 e. The monoisotopic (exact) mass is 728 g/mol. The summed E-state index contributed by atoms with van der Waals surface area (Å²) in [4.78, 5) is 32.0. The Hall–Kier alpha value is -4.87. The van der Waals surface area contributed by atoms with Crippen LogP contribution in [0.25, 0.3) is 16.8 Å². The number of carbonyl (C=O) groups is 1. The summed E-state index contributed by atoms with van der Waals surface area (Å²) in [6.45, 7) is 4.99. The molecule has 0 saturated heterocycles. The first kappa shape index (κ1) is 33.0. The van der Waals surface area contributed by atoms with E-state index in [0.717, 1.165) is 10.9 Å². The van der Waals surface area contributed by atoms with Crippen LogP contribution in [0.15, 0.2) is 98.8 Å². The third kappa shape index (κ3) is 6.61. The number of aromatic nitrogens is 1. The lowest BCUT2D eigenvalue weighted by atomic mass is 9.97. The minimum absolute atomic E-state index is 0.221. The van der Waals surface area contributed by atoms with Crippen LogP contribution in [0.5, 0.6) is 23.0 Å². The van der Waals surface area contributed by atoms with Crippen LogP contribution in [0.1, 0.15) is 36.6 Å². The van der Waals surface area contributed by atoms with Crippen LogP contribution in [0.4, 0.5) is 0 Å². The second kappa shape index (κ2) is 14.5. The molecule has 1 aliphatic rings. The van der Waals surface area contributed by atoms with Gasteiger partial charge in [-0.15, -0.1) is 0 Å². The number of rotatable bonds is 11. The van der Waals surface area contributed by atoms with Gasteiger partial charge in [0, 0.05) is 10.7 Å². The number of esters is 1. The number of halogens is 1. The average molecular weight is 730 g/mol. The summed E-state index contributed by atoms with van der Waals surface area (Å²) >= 11 is 4.88. The Kier molecular flexibility index (Phi) is 9.98. The molecule has 0 radical (unpaired) electrons. The molecule has 0 amide bonds. The maximum atomic E-state index is 14.1. The number of hydrogen-bond donors (Lipinski definition) is 0. The molecule has 4 aromatic carbocycles. The Labute approximate surface area is 289 Å². The van der Waals surface area contributed by atoms with Crippen molar-refractivity contribution in [3.63, 3.8) is 0 Å². The normalized spacial score (nSPS) is 14.1. The Balaban J connectivity index is 1.37. The molecule has 1 aromatic heterocycles. The van der Waals surface area contributed by atoms with Gasteiger partial charge < -0.3 is 23.7 Å². The fraction of sp³-hybridized carbons (Fsp3) is 0.216. The Morgan fingerprint density at radius 2 is 1.65 bits per heavy atom. The zero-order chi connectivity index (χ0) is 33.8. The van der Waals surface area contributed by atoms with Crippen molar-refractivity contribution in [3.05, 3.63) is 125 Å². The lowest BCUT2D eigenvalue weighted by molar-refractivity contribution is -0.136. The maximum absolute atomic E-state index is 14.1. The van der Waals surface area contributed by atoms with Crippen molar-refractivity contribution in [2.24, 2.45) is 4.99 Å². The molecule has 6 rings (SSSR count). The Morgan fingerprint density at radius 3 is 2.40 bits per heavy atom. The van der Waals surface area contributed by atoms with E-state index in [1.807, 2.05) is 50.2 Å². The van der Waals surface area contributed by atoms with Crippen LogP contribution in [-0.4, -0.2) is 38.0 Å². The van der Waals surface area contributed by atoms with Crippen LogP contribution in [-0.2, 0) is 16.1 Å². The van der Waals surface area contributed by atoms with Crippen LogP contribution in [0, 0.1) is 0 Å². The van der Waals surface area contributed by atoms with Gasteiger partial charge in [0.15, 0.2) is 27.8 Å². The highest BCUT2D eigenvalue weighted by molar-refractivity contribution is 9.10. The van der Waals surface area contributed by atoms with E-state index in [1.54, 1.807) is 25.3 Å². The first-order valence-electron chi connectivity index (χ1n) is 15.3. The summed E-state index contributed by atoms with van der Waals surface area (Å²) in [6.07, 6.45) is 3.23. The van der Waals surface area contributed by atoms with Gasteiger partial charge in [0.25, 0.3) is 5.56 Å². The molecule has 1 aliphatic heterocycles. The molecule has 2 heterocycles. The number of hydrogen-bond acceptors (Lipinski definition) is 9. The lowest BCUT2D eigenvalue weighted by Gasteiger charge is -2.23. The molecule has 0 unspecified atom stereocenters. The van der Waals surface area contributed by atoms with E-state index in [-0.39, 0.29) is 11.1 Å². The molecule has 0 bridgehead atoms. The number of carbonyl (C=O) groups excluding carboxylic acids is 1. The Bertz CT molecular complexity index is 2220. The number of benzene rings is 4. The molecule has 11 heteroatoms. The van der Waals surface area contributed by atoms with Gasteiger partial charge in [0.2, 0.25) is 0 Å². The topological polar surface area (TPSA) is 97.6 Å². The number of ether oxygens (including phenoxy) is 5. The molecule has 0 aliphatic carbocycles. The Morgan fingerprint density at radius 1 is 0.896 bits per heavy atom. The molecule has 0 fully saturated rings. The number of nitrogens with zero attached hydrogens (tertiary/aromatic N) is 2. The maximum Gasteiger partial charge on any atom is 0.337 e. The van der Waals surface area contributed by atoms with Gasteiger partial charge >= 0.3 is 5.97 Å². The van der Waals surface area contributed by atoms with E-state index in [1.165, 1.54) is 34.6 Å². The van der Waals surface area contributed by atoms with Crippen molar-refractivity contribution in [2.45, 2.75) is 26.5 Å². The van der Waals surface area contributed by atoms with E-state index < -0.39 is 12.0 Å². The molecule has 5 aromatic rings. The summed E-state index contributed by atoms with van der Waals surface area (Å²) < 4.78 is 31.2. The number of thiazole rings is 1. The highest BCUT2D eigenvalue weighted by Gasteiger charge is 2.31. The quantitative estimate of drug-likeness (QED) is 0.147. The zero-order valence-corrected chi connectivity index (χ0v) is 29.2. The van der Waals surface area contributed by atoms with Crippen LogP contribution < -0.4 is 33.8 Å². The number of fused-ring (bicyclic) bond motifs is 2. The molecule has 0 N–H and O–H groups in total. The van der Waals surface area contributed by atoms with Crippen LogP contribution in [0.3, 0.4) is 0 Å². The van der Waals surface area contributed by atoms with Crippen molar-refractivity contribution in [1.82, 2.24) is 4.57 Å². The second-order valence-electron chi connectivity index (χ2n) is 10.7. The third-order valence-corrected chi connectivity index (χ3v) is 9.47. The molecular weight excluding hydrogens is 696 g/mol. The van der Waals surface area contributed by atoms with E-state index >= 15 is 0 Å². The van der Waals surface area contributed by atoms with Crippen molar-refractivity contribution in [3.8, 4) is 23.0 Å². The van der Waals surface area contributed by atoms with Crippen molar-refractivity contribution < 1.29 is 28.5 Å². The van der Waals surface area contributed by atoms with E-state index in [9.17, 15) is 9.59 Å². The summed E-state index contributed by atoms with van der Waals surface area (Å²) in [7, 11) is 2.88. The molecule has 9 nitrogen and oxygen atoms in total. The second-order valence-corrected chi connectivity index (χ2v) is 12.6. The van der Waals surface area contributed by atoms with Crippen molar-refractivity contribution >= 4 is 50.1 Å². The molecule has 0 saturated carbocycles. The first-order valence-corrected chi connectivity index (χ1v) is 16.9. The lowest BCUT2D eigenvalue weighted by Crippen LogP contribution is -2.39. The van der Waals surface area contributed by atoms with Gasteiger partial charge in [0.05, 0.1) is 43.6 Å². The molecule has 246 valence electrons. The van der Waals surface area contributed by atoms with Gasteiger partial charge in [-0.1, -0.05) is 69.7 Å². The largest absolute Gasteiger partial charge is 0.493 e. The van der Waals surface area contributed by atoms with Crippen LogP contribution >= 0.6 is 27.3 Å². The highest BCUT2D eigenvalue weighted by Crippen LogP contribution is 2.36. The minimum atomic E-state index is -0.797. The van der Waals surface area contributed by atoms with Crippen molar-refractivity contribution in [1.29, 1.82) is 0 Å². The average Bonchev–Trinajstić information content (AvgIpc) is 3.42. The molecule has 48 heavy (non-hydrogen) atoms. The van der Waals surface area contributed by atoms with E-state index in [2.05, 4.69) is 45.2 Å². The molecule has 0 spiro atoms. The van der Waals surface area contributed by atoms with Gasteiger partial charge in [-0.3, -0.25) is 9.36 Å². The SMILES string of the molecule is CCOc1ccc([C@H]2C(C(=O)OC)=CN=c3s/c(=C\c4cc(OC)c(OCc5ccc6ccccc6c5)cc4Br)c(=O)n32)cc1OCC. The van der Waals surface area contributed by atoms with Crippen molar-refractivity contribution in [2.75, 3.05) is 27.4 Å².